The molecule has 2 aliphatic rings. The number of benzene rings is 1. The smallest absolute Gasteiger partial charge is 0.413 e. The number of hydrogen-bond donors (Lipinski definition) is 1. The van der Waals surface area contributed by atoms with E-state index in [1.807, 2.05) is 30.3 Å². The summed E-state index contributed by atoms with van der Waals surface area (Å²) in [6.07, 6.45) is 6.19. The topological polar surface area (TPSA) is 63.0 Å². The van der Waals surface area contributed by atoms with Crippen LogP contribution in [0.3, 0.4) is 0 Å². The van der Waals surface area contributed by atoms with E-state index in [-0.39, 0.29) is 0 Å². The molecule has 1 saturated carbocycles. The highest BCUT2D eigenvalue weighted by atomic mass is 16.6. The van der Waals surface area contributed by atoms with Crippen molar-refractivity contribution in [3.63, 3.8) is 0 Å². The van der Waals surface area contributed by atoms with E-state index in [4.69, 9.17) is 4.74 Å². The molecular formula is C15H17N3O2. The third-order valence-corrected chi connectivity index (χ3v) is 3.77. The molecule has 1 heterocycles. The SMILES string of the molecule is O=C1N/C(=N\N=Cc2ccccc2)C2(CCCCC2)O1. The number of alkyl carbamates (subject to hydrolysis) is 1. The van der Waals surface area contributed by atoms with Crippen LogP contribution < -0.4 is 5.32 Å². The molecular weight excluding hydrogens is 254 g/mol. The van der Waals surface area contributed by atoms with Gasteiger partial charge in [0.05, 0.1) is 6.21 Å². The highest BCUT2D eigenvalue weighted by Gasteiger charge is 2.47. The van der Waals surface area contributed by atoms with Crippen molar-refractivity contribution in [3.05, 3.63) is 35.9 Å². The number of amidine groups is 1. The van der Waals surface area contributed by atoms with Crippen molar-refractivity contribution in [2.45, 2.75) is 37.7 Å². The summed E-state index contributed by atoms with van der Waals surface area (Å²) in [5.41, 5.74) is 0.406. The monoisotopic (exact) mass is 271 g/mol. The minimum Gasteiger partial charge on any atom is -0.434 e. The molecule has 1 amide bonds. The summed E-state index contributed by atoms with van der Waals surface area (Å²) < 4.78 is 5.45. The van der Waals surface area contributed by atoms with E-state index < -0.39 is 11.7 Å². The highest BCUT2D eigenvalue weighted by molar-refractivity contribution is 6.06. The average molecular weight is 271 g/mol. The van der Waals surface area contributed by atoms with E-state index in [2.05, 4.69) is 15.5 Å². The number of hydrogen-bond acceptors (Lipinski definition) is 4. The van der Waals surface area contributed by atoms with Gasteiger partial charge < -0.3 is 4.74 Å². The number of carbonyl (C=O) groups is 1. The summed E-state index contributed by atoms with van der Waals surface area (Å²) in [5, 5.41) is 10.9. The molecule has 1 aliphatic carbocycles. The van der Waals surface area contributed by atoms with Gasteiger partial charge in [0, 0.05) is 0 Å². The minimum absolute atomic E-state index is 0.416. The lowest BCUT2D eigenvalue weighted by Crippen LogP contribution is -2.41. The Morgan fingerprint density at radius 3 is 2.65 bits per heavy atom. The Morgan fingerprint density at radius 2 is 1.90 bits per heavy atom. The molecule has 0 atom stereocenters. The van der Waals surface area contributed by atoms with Gasteiger partial charge in [-0.1, -0.05) is 36.8 Å². The summed E-state index contributed by atoms with van der Waals surface area (Å²) >= 11 is 0. The van der Waals surface area contributed by atoms with E-state index >= 15 is 0 Å². The van der Waals surface area contributed by atoms with Crippen LogP contribution in [-0.4, -0.2) is 23.7 Å². The van der Waals surface area contributed by atoms with Gasteiger partial charge in [-0.3, -0.25) is 5.32 Å². The van der Waals surface area contributed by atoms with Crippen LogP contribution in [0.2, 0.25) is 0 Å². The van der Waals surface area contributed by atoms with E-state index in [1.54, 1.807) is 6.21 Å². The van der Waals surface area contributed by atoms with Crippen molar-refractivity contribution < 1.29 is 9.53 Å². The Hall–Kier alpha value is -2.17. The van der Waals surface area contributed by atoms with Crippen LogP contribution >= 0.6 is 0 Å². The van der Waals surface area contributed by atoms with Crippen molar-refractivity contribution in [1.82, 2.24) is 5.32 Å². The molecule has 104 valence electrons. The Morgan fingerprint density at radius 1 is 1.15 bits per heavy atom. The van der Waals surface area contributed by atoms with Crippen molar-refractivity contribution in [1.29, 1.82) is 0 Å². The maximum atomic E-state index is 11.5. The molecule has 20 heavy (non-hydrogen) atoms. The fourth-order valence-corrected chi connectivity index (χ4v) is 2.73. The van der Waals surface area contributed by atoms with Gasteiger partial charge in [0.15, 0.2) is 11.4 Å². The Labute approximate surface area is 117 Å². The standard InChI is InChI=1S/C15H17N3O2/c19-14-17-13(15(20-14)9-5-2-6-10-15)18-16-11-12-7-3-1-4-8-12/h1,3-4,7-8,11H,2,5-6,9-10H2,(H,17,18,19). The van der Waals surface area contributed by atoms with Crippen molar-refractivity contribution in [2.75, 3.05) is 0 Å². The van der Waals surface area contributed by atoms with Gasteiger partial charge in [-0.25, -0.2) is 4.79 Å². The van der Waals surface area contributed by atoms with Gasteiger partial charge in [0.2, 0.25) is 0 Å². The average Bonchev–Trinajstić information content (AvgIpc) is 2.76. The summed E-state index contributed by atoms with van der Waals surface area (Å²) in [6, 6.07) is 9.73. The van der Waals surface area contributed by atoms with Crippen LogP contribution in [0.5, 0.6) is 0 Å². The first-order chi connectivity index (χ1) is 9.78. The summed E-state index contributed by atoms with van der Waals surface area (Å²) in [5.74, 6) is 0.550. The summed E-state index contributed by atoms with van der Waals surface area (Å²) in [7, 11) is 0. The van der Waals surface area contributed by atoms with Gasteiger partial charge in [-0.15, -0.1) is 5.10 Å². The van der Waals surface area contributed by atoms with Crippen LogP contribution in [0.25, 0.3) is 0 Å². The van der Waals surface area contributed by atoms with Crippen LogP contribution in [0.4, 0.5) is 4.79 Å². The first kappa shape index (κ1) is 12.8. The Bertz CT molecular complexity index is 545. The first-order valence-electron chi connectivity index (χ1n) is 6.95. The van der Waals surface area contributed by atoms with Gasteiger partial charge in [0.1, 0.15) is 0 Å². The number of amides is 1. The zero-order chi connectivity index (χ0) is 13.8. The number of nitrogens with one attached hydrogen (secondary N) is 1. The largest absolute Gasteiger partial charge is 0.434 e. The highest BCUT2D eigenvalue weighted by Crippen LogP contribution is 2.35. The van der Waals surface area contributed by atoms with Gasteiger partial charge in [0.25, 0.3) is 0 Å². The van der Waals surface area contributed by atoms with Crippen molar-refractivity contribution >= 4 is 18.1 Å². The zero-order valence-corrected chi connectivity index (χ0v) is 11.2. The predicted molar refractivity (Wildman–Crippen MR) is 76.9 cm³/mol. The maximum absolute atomic E-state index is 11.5. The first-order valence-corrected chi connectivity index (χ1v) is 6.95. The molecule has 1 spiro atoms. The van der Waals surface area contributed by atoms with Crippen molar-refractivity contribution in [3.8, 4) is 0 Å². The molecule has 0 radical (unpaired) electrons. The molecule has 1 aliphatic heterocycles. The van der Waals surface area contributed by atoms with Crippen LogP contribution in [0.15, 0.2) is 40.5 Å². The zero-order valence-electron chi connectivity index (χ0n) is 11.2. The minimum atomic E-state index is -0.566. The normalized spacial score (nSPS) is 23.2. The summed E-state index contributed by atoms with van der Waals surface area (Å²) in [6.45, 7) is 0. The number of ether oxygens (including phenoxy) is 1. The molecule has 1 saturated heterocycles. The molecule has 0 aromatic heterocycles. The second-order valence-electron chi connectivity index (χ2n) is 5.17. The third-order valence-electron chi connectivity index (χ3n) is 3.77. The van der Waals surface area contributed by atoms with E-state index in [1.165, 1.54) is 6.42 Å². The predicted octanol–water partition coefficient (Wildman–Crippen LogP) is 2.86. The molecule has 3 rings (SSSR count). The van der Waals surface area contributed by atoms with E-state index in [9.17, 15) is 4.79 Å². The molecule has 0 unspecified atom stereocenters. The maximum Gasteiger partial charge on any atom is 0.413 e. The quantitative estimate of drug-likeness (QED) is 0.664. The fraction of sp³-hybridized carbons (Fsp3) is 0.400. The molecule has 2 fully saturated rings. The Kier molecular flexibility index (Phi) is 3.50. The molecule has 1 N–H and O–H groups in total. The van der Waals surface area contributed by atoms with Gasteiger partial charge in [-0.2, -0.15) is 5.10 Å². The van der Waals surface area contributed by atoms with Crippen LogP contribution in [0, 0.1) is 0 Å². The lowest BCUT2D eigenvalue weighted by molar-refractivity contribution is 0.0567. The second kappa shape index (κ2) is 5.45. The van der Waals surface area contributed by atoms with Crippen molar-refractivity contribution in [2.24, 2.45) is 10.2 Å². The molecule has 1 aromatic rings. The number of nitrogens with zero attached hydrogens (tertiary/aromatic N) is 2. The third kappa shape index (κ3) is 2.57. The molecule has 1 aromatic carbocycles. The molecule has 0 bridgehead atoms. The van der Waals surface area contributed by atoms with Crippen LogP contribution in [-0.2, 0) is 4.74 Å². The summed E-state index contributed by atoms with van der Waals surface area (Å²) in [4.78, 5) is 11.5. The number of rotatable bonds is 2. The van der Waals surface area contributed by atoms with Gasteiger partial charge in [-0.05, 0) is 31.2 Å². The number of carbonyl (C=O) groups excluding carboxylic acids is 1. The van der Waals surface area contributed by atoms with E-state index in [0.717, 1.165) is 31.2 Å². The molecule has 5 heteroatoms. The molecule has 5 nitrogen and oxygen atoms in total. The van der Waals surface area contributed by atoms with E-state index in [0.29, 0.717) is 5.84 Å². The Balaban J connectivity index is 1.79. The lowest BCUT2D eigenvalue weighted by atomic mass is 9.84. The second-order valence-corrected chi connectivity index (χ2v) is 5.17. The fourth-order valence-electron chi connectivity index (χ4n) is 2.73. The lowest BCUT2D eigenvalue weighted by Gasteiger charge is -2.29. The van der Waals surface area contributed by atoms with Crippen LogP contribution in [0.1, 0.15) is 37.7 Å². The van der Waals surface area contributed by atoms with Gasteiger partial charge >= 0.3 is 6.09 Å².